The molecule has 0 aliphatic carbocycles. The smallest absolute Gasteiger partial charge is 0.238 e. The average Bonchev–Trinajstić information content (AvgIpc) is 3.36. The number of carbonyl (C=O) groups is 1. The van der Waals surface area contributed by atoms with E-state index in [1.165, 1.54) is 0 Å². The van der Waals surface area contributed by atoms with Crippen molar-refractivity contribution in [1.29, 1.82) is 0 Å². The Hall–Kier alpha value is -3.26. The molecule has 0 radical (unpaired) electrons. The molecule has 8 nitrogen and oxygen atoms in total. The van der Waals surface area contributed by atoms with E-state index in [1.54, 1.807) is 36.5 Å². The number of aromatic nitrogens is 4. The van der Waals surface area contributed by atoms with Crippen molar-refractivity contribution in [2.75, 3.05) is 18.5 Å². The molecular formula is C19H19N5O3. The summed E-state index contributed by atoms with van der Waals surface area (Å²) in [5, 5.41) is 11.1. The number of ether oxygens (including phenoxy) is 2. The first-order valence-electron chi connectivity index (χ1n) is 8.69. The number of nitrogens with zero attached hydrogens (tertiary/aromatic N) is 4. The summed E-state index contributed by atoms with van der Waals surface area (Å²) >= 11 is 0. The molecule has 1 amide bonds. The van der Waals surface area contributed by atoms with Crippen LogP contribution in [0.1, 0.15) is 12.2 Å². The minimum absolute atomic E-state index is 0.0163. The Morgan fingerprint density at radius 3 is 2.70 bits per heavy atom. The van der Waals surface area contributed by atoms with Crippen LogP contribution < -0.4 is 10.1 Å². The lowest BCUT2D eigenvalue weighted by molar-refractivity contribution is -0.119. The Kier molecular flexibility index (Phi) is 4.80. The number of imidazole rings is 1. The van der Waals surface area contributed by atoms with E-state index in [2.05, 4.69) is 20.5 Å². The van der Waals surface area contributed by atoms with Crippen molar-refractivity contribution in [1.82, 2.24) is 19.7 Å². The van der Waals surface area contributed by atoms with E-state index < -0.39 is 0 Å². The molecule has 27 heavy (non-hydrogen) atoms. The van der Waals surface area contributed by atoms with E-state index in [9.17, 15) is 4.79 Å². The van der Waals surface area contributed by atoms with Crippen LogP contribution in [0.3, 0.4) is 0 Å². The third-order valence-electron chi connectivity index (χ3n) is 4.34. The van der Waals surface area contributed by atoms with Gasteiger partial charge in [0.1, 0.15) is 11.6 Å². The second-order valence-electron chi connectivity index (χ2n) is 6.25. The molecule has 2 aromatic heterocycles. The maximum absolute atomic E-state index is 12.1. The van der Waals surface area contributed by atoms with Crippen molar-refractivity contribution < 1.29 is 14.3 Å². The maximum atomic E-state index is 12.1. The zero-order valence-corrected chi connectivity index (χ0v) is 14.8. The van der Waals surface area contributed by atoms with Crippen LogP contribution in [0.2, 0.25) is 0 Å². The summed E-state index contributed by atoms with van der Waals surface area (Å²) in [4.78, 5) is 16.3. The van der Waals surface area contributed by atoms with Gasteiger partial charge in [0.2, 0.25) is 11.8 Å². The predicted molar refractivity (Wildman–Crippen MR) is 98.0 cm³/mol. The van der Waals surface area contributed by atoms with E-state index in [0.29, 0.717) is 30.7 Å². The second kappa shape index (κ2) is 7.55. The zero-order valence-electron chi connectivity index (χ0n) is 14.8. The quantitative estimate of drug-likeness (QED) is 0.748. The molecule has 1 aliphatic rings. The first kappa shape index (κ1) is 17.2. The predicted octanol–water partition coefficient (Wildman–Crippen LogP) is 2.74. The van der Waals surface area contributed by atoms with Gasteiger partial charge in [0, 0.05) is 30.8 Å². The lowest BCUT2D eigenvalue weighted by atomic mass is 10.1. The molecule has 1 fully saturated rings. The van der Waals surface area contributed by atoms with Crippen LogP contribution in [0.4, 0.5) is 5.69 Å². The number of anilines is 1. The van der Waals surface area contributed by atoms with Gasteiger partial charge in [0.25, 0.3) is 0 Å². The lowest BCUT2D eigenvalue weighted by Gasteiger charge is -2.10. The number of nitrogens with one attached hydrogen (secondary N) is 1. The largest absolute Gasteiger partial charge is 0.438 e. The second-order valence-corrected chi connectivity index (χ2v) is 6.25. The normalized spacial score (nSPS) is 16.3. The van der Waals surface area contributed by atoms with Crippen LogP contribution in [-0.2, 0) is 9.53 Å². The molecule has 8 heteroatoms. The van der Waals surface area contributed by atoms with Gasteiger partial charge in [-0.25, -0.2) is 4.98 Å². The van der Waals surface area contributed by atoms with Crippen LogP contribution in [0.25, 0.3) is 5.82 Å². The van der Waals surface area contributed by atoms with E-state index in [0.717, 1.165) is 17.9 Å². The van der Waals surface area contributed by atoms with Crippen LogP contribution >= 0.6 is 0 Å². The van der Waals surface area contributed by atoms with Crippen LogP contribution in [-0.4, -0.2) is 38.9 Å². The number of aryl methyl sites for hydroxylation is 1. The van der Waals surface area contributed by atoms with Gasteiger partial charge in [0.05, 0.1) is 12.5 Å². The molecule has 1 N–H and O–H groups in total. The summed E-state index contributed by atoms with van der Waals surface area (Å²) < 4.78 is 12.8. The monoisotopic (exact) mass is 365 g/mol. The van der Waals surface area contributed by atoms with Crippen molar-refractivity contribution in [3.63, 3.8) is 0 Å². The van der Waals surface area contributed by atoms with E-state index in [1.807, 2.05) is 23.8 Å². The molecule has 0 spiro atoms. The van der Waals surface area contributed by atoms with E-state index in [4.69, 9.17) is 9.47 Å². The fourth-order valence-electron chi connectivity index (χ4n) is 2.83. The molecule has 4 rings (SSSR count). The Morgan fingerprint density at radius 2 is 2.07 bits per heavy atom. The summed E-state index contributed by atoms with van der Waals surface area (Å²) in [5.41, 5.74) is 0.719. The van der Waals surface area contributed by atoms with E-state index in [-0.39, 0.29) is 11.8 Å². The fraction of sp³-hybridized carbons (Fsp3) is 0.263. The molecule has 3 heterocycles. The molecule has 0 saturated carbocycles. The van der Waals surface area contributed by atoms with E-state index >= 15 is 0 Å². The van der Waals surface area contributed by atoms with Gasteiger partial charge in [0.15, 0.2) is 5.82 Å². The minimum atomic E-state index is -0.0751. The van der Waals surface area contributed by atoms with Crippen molar-refractivity contribution >= 4 is 11.6 Å². The molecule has 1 atom stereocenters. The molecule has 3 aromatic rings. The number of carbonyl (C=O) groups excluding carboxylic acids is 1. The Bertz CT molecular complexity index is 915. The van der Waals surface area contributed by atoms with Crippen LogP contribution in [0.5, 0.6) is 11.6 Å². The van der Waals surface area contributed by atoms with Crippen molar-refractivity contribution in [2.45, 2.75) is 13.3 Å². The molecule has 1 saturated heterocycles. The van der Waals surface area contributed by atoms with Crippen molar-refractivity contribution in [3.8, 4) is 17.4 Å². The fourth-order valence-corrected chi connectivity index (χ4v) is 2.83. The molecule has 1 unspecified atom stereocenters. The highest BCUT2D eigenvalue weighted by atomic mass is 16.5. The summed E-state index contributed by atoms with van der Waals surface area (Å²) in [6, 6.07) is 10.7. The highest BCUT2D eigenvalue weighted by Gasteiger charge is 2.23. The molecule has 138 valence electrons. The number of hydrogen-bond donors (Lipinski definition) is 1. The van der Waals surface area contributed by atoms with Gasteiger partial charge in [-0.3, -0.25) is 9.36 Å². The van der Waals surface area contributed by atoms with Gasteiger partial charge in [-0.15, -0.1) is 10.2 Å². The summed E-state index contributed by atoms with van der Waals surface area (Å²) in [6.07, 6.45) is 4.30. The topological polar surface area (TPSA) is 91.2 Å². The zero-order chi connectivity index (χ0) is 18.6. The number of benzene rings is 1. The number of amides is 1. The molecular weight excluding hydrogens is 346 g/mol. The van der Waals surface area contributed by atoms with Crippen molar-refractivity contribution in [2.24, 2.45) is 5.92 Å². The summed E-state index contributed by atoms with van der Waals surface area (Å²) in [5.74, 6) is 2.41. The summed E-state index contributed by atoms with van der Waals surface area (Å²) in [6.45, 7) is 3.03. The molecule has 1 aromatic carbocycles. The Morgan fingerprint density at radius 1 is 1.22 bits per heavy atom. The number of hydrogen-bond acceptors (Lipinski definition) is 6. The Labute approximate surface area is 156 Å². The first-order chi connectivity index (χ1) is 13.2. The summed E-state index contributed by atoms with van der Waals surface area (Å²) in [7, 11) is 0. The average molecular weight is 365 g/mol. The number of rotatable bonds is 5. The van der Waals surface area contributed by atoms with Gasteiger partial charge in [-0.2, -0.15) is 0 Å². The lowest BCUT2D eigenvalue weighted by Crippen LogP contribution is -2.22. The van der Waals surface area contributed by atoms with Gasteiger partial charge in [-0.05, 0) is 43.7 Å². The standard InChI is InChI=1S/C19H19N5O3/c1-13-20-9-10-24(13)17-6-7-18(23-22-17)27-16-4-2-15(3-5-16)21-19(25)14-8-11-26-12-14/h2-7,9-10,14H,8,11-12H2,1H3,(H,21,25). The molecule has 1 aliphatic heterocycles. The first-order valence-corrected chi connectivity index (χ1v) is 8.69. The maximum Gasteiger partial charge on any atom is 0.238 e. The highest BCUT2D eigenvalue weighted by molar-refractivity contribution is 5.92. The van der Waals surface area contributed by atoms with Gasteiger partial charge in [-0.1, -0.05) is 0 Å². The molecule has 0 bridgehead atoms. The third-order valence-corrected chi connectivity index (χ3v) is 4.34. The van der Waals surface area contributed by atoms with Crippen LogP contribution in [0, 0.1) is 12.8 Å². The Balaban J connectivity index is 1.38. The van der Waals surface area contributed by atoms with Crippen LogP contribution in [0.15, 0.2) is 48.8 Å². The highest BCUT2D eigenvalue weighted by Crippen LogP contribution is 2.22. The van der Waals surface area contributed by atoms with Gasteiger partial charge < -0.3 is 14.8 Å². The van der Waals surface area contributed by atoms with Crippen molar-refractivity contribution in [3.05, 3.63) is 54.6 Å². The minimum Gasteiger partial charge on any atom is -0.438 e. The third kappa shape index (κ3) is 3.95. The SMILES string of the molecule is Cc1nccn1-c1ccc(Oc2ccc(NC(=O)C3CCOC3)cc2)nn1. The van der Waals surface area contributed by atoms with Gasteiger partial charge >= 0.3 is 0 Å².